The second-order valence-corrected chi connectivity index (χ2v) is 10.2. The van der Waals surface area contributed by atoms with Gasteiger partial charge in [0.2, 0.25) is 0 Å². The summed E-state index contributed by atoms with van der Waals surface area (Å²) in [6.45, 7) is 0.518. The summed E-state index contributed by atoms with van der Waals surface area (Å²) in [4.78, 5) is 25.6. The summed E-state index contributed by atoms with van der Waals surface area (Å²) in [6, 6.07) is 7.03. The van der Waals surface area contributed by atoms with Gasteiger partial charge in [0.1, 0.15) is 0 Å². The summed E-state index contributed by atoms with van der Waals surface area (Å²) in [5.74, 6) is 2.42. The van der Waals surface area contributed by atoms with Gasteiger partial charge >= 0.3 is 124 Å². The SMILES string of the molecule is C#CC[As](C)CCCCN1C(=O)c2ccccc2C1=O. The van der Waals surface area contributed by atoms with Crippen molar-refractivity contribution in [1.29, 1.82) is 0 Å². The van der Waals surface area contributed by atoms with Gasteiger partial charge < -0.3 is 0 Å². The molecule has 0 N–H and O–H groups in total. The molecule has 20 heavy (non-hydrogen) atoms. The van der Waals surface area contributed by atoms with Crippen LogP contribution < -0.4 is 0 Å². The van der Waals surface area contributed by atoms with Gasteiger partial charge in [-0.2, -0.15) is 0 Å². The van der Waals surface area contributed by atoms with Crippen molar-refractivity contribution in [1.82, 2.24) is 4.90 Å². The van der Waals surface area contributed by atoms with Crippen molar-refractivity contribution in [2.24, 2.45) is 0 Å². The molecule has 1 aliphatic rings. The Hall–Kier alpha value is -1.52. The molecular weight excluding hydrogens is 313 g/mol. The van der Waals surface area contributed by atoms with Crippen LogP contribution >= 0.6 is 0 Å². The number of carbonyl (C=O) groups is 2. The molecule has 0 spiro atoms. The fourth-order valence-electron chi connectivity index (χ4n) is 2.33. The topological polar surface area (TPSA) is 37.4 Å². The molecule has 0 saturated carbocycles. The molecule has 2 amide bonds. The Balaban J connectivity index is 1.86. The van der Waals surface area contributed by atoms with Crippen LogP contribution in [0.15, 0.2) is 24.3 Å². The molecule has 0 radical (unpaired) electrons. The summed E-state index contributed by atoms with van der Waals surface area (Å²) >= 11 is -0.847. The summed E-state index contributed by atoms with van der Waals surface area (Å²) in [6.07, 6.45) is 7.22. The first-order valence-corrected chi connectivity index (χ1v) is 11.3. The number of carbonyl (C=O) groups excluding carboxylic acids is 2. The molecular formula is C16H18AsNO2. The standard InChI is InChI=1S/C16H18AsNO2/c1-3-10-17(2)11-6-7-12-18-15(19)13-8-4-5-9-14(13)16(18)20/h1,4-5,8-9H,6-7,10-12H2,2H3. The van der Waals surface area contributed by atoms with Crippen LogP contribution in [0.1, 0.15) is 33.6 Å². The molecule has 0 bridgehead atoms. The molecule has 1 aromatic carbocycles. The average molecular weight is 331 g/mol. The van der Waals surface area contributed by atoms with E-state index in [0.717, 1.165) is 18.1 Å². The summed E-state index contributed by atoms with van der Waals surface area (Å²) in [5, 5.41) is 2.11. The zero-order chi connectivity index (χ0) is 14.5. The Bertz CT molecular complexity index is 527. The van der Waals surface area contributed by atoms with Crippen LogP contribution in [0.2, 0.25) is 16.1 Å². The number of benzene rings is 1. The van der Waals surface area contributed by atoms with Crippen molar-refractivity contribution in [2.45, 2.75) is 29.0 Å². The Morgan fingerprint density at radius 2 is 1.75 bits per heavy atom. The van der Waals surface area contributed by atoms with Crippen LogP contribution in [0, 0.1) is 12.3 Å². The van der Waals surface area contributed by atoms with Crippen molar-refractivity contribution >= 4 is 26.5 Å². The maximum absolute atomic E-state index is 12.1. The number of imide groups is 1. The Morgan fingerprint density at radius 1 is 1.15 bits per heavy atom. The van der Waals surface area contributed by atoms with Gasteiger partial charge in [0.15, 0.2) is 0 Å². The monoisotopic (exact) mass is 331 g/mol. The van der Waals surface area contributed by atoms with Crippen LogP contribution in [0.3, 0.4) is 0 Å². The van der Waals surface area contributed by atoms with Crippen molar-refractivity contribution < 1.29 is 9.59 Å². The maximum atomic E-state index is 12.1. The van der Waals surface area contributed by atoms with Crippen molar-refractivity contribution in [2.75, 3.05) is 6.54 Å². The molecule has 1 aliphatic heterocycles. The molecule has 1 heterocycles. The summed E-state index contributed by atoms with van der Waals surface area (Å²) < 4.78 is 0. The molecule has 4 heteroatoms. The van der Waals surface area contributed by atoms with Gasteiger partial charge in [-0.25, -0.2) is 0 Å². The van der Waals surface area contributed by atoms with E-state index >= 15 is 0 Å². The van der Waals surface area contributed by atoms with E-state index in [1.165, 1.54) is 10.1 Å². The van der Waals surface area contributed by atoms with Crippen LogP contribution in [-0.4, -0.2) is 37.9 Å². The predicted octanol–water partition coefficient (Wildman–Crippen LogP) is 2.82. The van der Waals surface area contributed by atoms with Crippen molar-refractivity contribution in [3.8, 4) is 12.3 Å². The number of hydrogen-bond donors (Lipinski definition) is 0. The number of terminal acetylenes is 1. The van der Waals surface area contributed by atoms with Crippen LogP contribution in [0.25, 0.3) is 0 Å². The van der Waals surface area contributed by atoms with E-state index in [1.807, 2.05) is 0 Å². The minimum atomic E-state index is -0.847. The molecule has 1 aromatic rings. The van der Waals surface area contributed by atoms with E-state index < -0.39 is 14.7 Å². The summed E-state index contributed by atoms with van der Waals surface area (Å²) in [7, 11) is 0. The van der Waals surface area contributed by atoms with Crippen molar-refractivity contribution in [3.05, 3.63) is 35.4 Å². The molecule has 1 atom stereocenters. The van der Waals surface area contributed by atoms with Gasteiger partial charge in [-0.3, -0.25) is 0 Å². The number of fused-ring (bicyclic) bond motifs is 1. The van der Waals surface area contributed by atoms with E-state index in [2.05, 4.69) is 11.6 Å². The first-order chi connectivity index (χ1) is 9.65. The third-order valence-corrected chi connectivity index (χ3v) is 7.19. The molecule has 1 unspecified atom stereocenters. The van der Waals surface area contributed by atoms with Crippen LogP contribution in [-0.2, 0) is 0 Å². The van der Waals surface area contributed by atoms with Crippen LogP contribution in [0.5, 0.6) is 0 Å². The van der Waals surface area contributed by atoms with Gasteiger partial charge in [0.25, 0.3) is 0 Å². The molecule has 0 saturated heterocycles. The van der Waals surface area contributed by atoms with Gasteiger partial charge in [-0.15, -0.1) is 0 Å². The fraction of sp³-hybridized carbons (Fsp3) is 0.375. The second-order valence-electron chi connectivity index (χ2n) is 4.96. The molecule has 0 aliphatic carbocycles. The van der Waals surface area contributed by atoms with E-state index in [-0.39, 0.29) is 11.8 Å². The second kappa shape index (κ2) is 6.77. The molecule has 104 valence electrons. The van der Waals surface area contributed by atoms with Gasteiger partial charge in [0, 0.05) is 0 Å². The minimum absolute atomic E-state index is 0.153. The number of rotatable bonds is 6. The molecule has 0 fully saturated rings. The predicted molar refractivity (Wildman–Crippen MR) is 81.1 cm³/mol. The third-order valence-electron chi connectivity index (χ3n) is 3.41. The number of unbranched alkanes of at least 4 members (excludes halogenated alkanes) is 1. The van der Waals surface area contributed by atoms with Gasteiger partial charge in [-0.05, 0) is 0 Å². The number of amides is 2. The first kappa shape index (κ1) is 14.9. The average Bonchev–Trinajstić information content (AvgIpc) is 2.69. The normalized spacial score (nSPS) is 15.1. The zero-order valence-electron chi connectivity index (χ0n) is 11.6. The van der Waals surface area contributed by atoms with E-state index in [1.54, 1.807) is 24.3 Å². The summed E-state index contributed by atoms with van der Waals surface area (Å²) in [5.41, 5.74) is 3.34. The van der Waals surface area contributed by atoms with E-state index in [4.69, 9.17) is 6.42 Å². The first-order valence-electron chi connectivity index (χ1n) is 6.72. The van der Waals surface area contributed by atoms with E-state index in [0.29, 0.717) is 17.7 Å². The Morgan fingerprint density at radius 3 is 2.30 bits per heavy atom. The third kappa shape index (κ3) is 3.14. The van der Waals surface area contributed by atoms with Gasteiger partial charge in [-0.1, -0.05) is 0 Å². The Kier molecular flexibility index (Phi) is 5.04. The van der Waals surface area contributed by atoms with Crippen LogP contribution in [0.4, 0.5) is 0 Å². The molecule has 0 aromatic heterocycles. The molecule has 2 rings (SSSR count). The zero-order valence-corrected chi connectivity index (χ0v) is 13.5. The Labute approximate surface area is 124 Å². The number of nitrogens with zero attached hydrogens (tertiary/aromatic N) is 1. The van der Waals surface area contributed by atoms with Gasteiger partial charge in [0.05, 0.1) is 0 Å². The van der Waals surface area contributed by atoms with E-state index in [9.17, 15) is 9.59 Å². The molecule has 3 nitrogen and oxygen atoms in total. The fourth-order valence-corrected chi connectivity index (χ4v) is 4.92. The van der Waals surface area contributed by atoms with Crippen molar-refractivity contribution in [3.63, 3.8) is 0 Å². The quantitative estimate of drug-likeness (QED) is 0.348. The number of hydrogen-bond acceptors (Lipinski definition) is 2.